The predicted molar refractivity (Wildman–Crippen MR) is 74.1 cm³/mol. The molecule has 114 valence electrons. The molecule has 4 nitrogen and oxygen atoms in total. The highest BCUT2D eigenvalue weighted by Crippen LogP contribution is 2.28. The van der Waals surface area contributed by atoms with E-state index in [9.17, 15) is 21.6 Å². The van der Waals surface area contributed by atoms with Gasteiger partial charge in [-0.1, -0.05) is 0 Å². The number of nitrogens with one attached hydrogen (secondary N) is 1. The van der Waals surface area contributed by atoms with Crippen molar-refractivity contribution in [1.29, 1.82) is 0 Å². The third kappa shape index (κ3) is 3.20. The molecule has 1 heterocycles. The topological polar surface area (TPSA) is 72.2 Å². The maximum atomic E-state index is 13.5. The first-order valence-corrected chi connectivity index (χ1v) is 8.01. The highest BCUT2D eigenvalue weighted by molar-refractivity contribution is 7.93. The molecule has 0 amide bonds. The molecule has 0 aliphatic heterocycles. The molecule has 2 aromatic rings. The minimum Gasteiger partial charge on any atom is -0.326 e. The molecule has 0 aliphatic rings. The molecule has 0 bridgehead atoms. The molecule has 9 heteroatoms. The molecule has 1 aromatic carbocycles. The summed E-state index contributed by atoms with van der Waals surface area (Å²) in [6.45, 7) is 1.74. The van der Waals surface area contributed by atoms with Gasteiger partial charge in [0.1, 0.15) is 10.7 Å². The van der Waals surface area contributed by atoms with Gasteiger partial charge >= 0.3 is 0 Å². The summed E-state index contributed by atoms with van der Waals surface area (Å²) in [6, 6.07) is 2.09. The Bertz CT molecular complexity index is 788. The van der Waals surface area contributed by atoms with Crippen LogP contribution in [0.25, 0.3) is 0 Å². The van der Waals surface area contributed by atoms with E-state index in [1.54, 1.807) is 6.92 Å². The Morgan fingerprint density at radius 3 is 2.33 bits per heavy atom. The minimum atomic E-state index is -4.11. The van der Waals surface area contributed by atoms with Crippen molar-refractivity contribution in [3.8, 4) is 0 Å². The van der Waals surface area contributed by atoms with E-state index in [4.69, 9.17) is 5.73 Å². The van der Waals surface area contributed by atoms with Crippen LogP contribution in [0.5, 0.6) is 0 Å². The summed E-state index contributed by atoms with van der Waals surface area (Å²) < 4.78 is 65.7. The Hall–Kier alpha value is -1.58. The monoisotopic (exact) mass is 336 g/mol. The number of thiophene rings is 1. The number of hydrogen-bond donors (Lipinski definition) is 2. The maximum Gasteiger partial charge on any atom is 0.263 e. The largest absolute Gasteiger partial charge is 0.326 e. The van der Waals surface area contributed by atoms with E-state index in [1.165, 1.54) is 17.4 Å². The van der Waals surface area contributed by atoms with E-state index in [0.29, 0.717) is 15.8 Å². The lowest BCUT2D eigenvalue weighted by atomic mass is 10.3. The van der Waals surface area contributed by atoms with Gasteiger partial charge in [0.2, 0.25) is 0 Å². The van der Waals surface area contributed by atoms with E-state index in [0.717, 1.165) is 0 Å². The fraction of sp³-hybridized carbons (Fsp3) is 0.167. The first kappa shape index (κ1) is 15.8. The first-order chi connectivity index (χ1) is 9.74. The molecule has 0 spiro atoms. The smallest absolute Gasteiger partial charge is 0.263 e. The van der Waals surface area contributed by atoms with Gasteiger partial charge in [0, 0.05) is 28.4 Å². The third-order valence-corrected chi connectivity index (χ3v) is 5.36. The molecular weight excluding hydrogens is 325 g/mol. The van der Waals surface area contributed by atoms with Crippen LogP contribution in [0.4, 0.5) is 18.9 Å². The van der Waals surface area contributed by atoms with Gasteiger partial charge in [-0.25, -0.2) is 21.6 Å². The molecule has 0 fully saturated rings. The zero-order valence-electron chi connectivity index (χ0n) is 10.8. The van der Waals surface area contributed by atoms with Crippen molar-refractivity contribution in [1.82, 2.24) is 0 Å². The molecule has 0 radical (unpaired) electrons. The Morgan fingerprint density at radius 2 is 1.76 bits per heavy atom. The molecule has 0 atom stereocenters. The molecule has 0 aliphatic carbocycles. The average molecular weight is 336 g/mol. The zero-order chi connectivity index (χ0) is 15.8. The minimum absolute atomic E-state index is 0.0721. The molecule has 3 N–H and O–H groups in total. The van der Waals surface area contributed by atoms with Crippen molar-refractivity contribution < 1.29 is 21.6 Å². The zero-order valence-corrected chi connectivity index (χ0v) is 12.4. The SMILES string of the molecule is Cc1sc(CN)cc1S(=O)(=O)Nc1cc(F)c(F)cc1F. The van der Waals surface area contributed by atoms with Crippen LogP contribution in [0, 0.1) is 24.4 Å². The fourth-order valence-electron chi connectivity index (χ4n) is 1.69. The summed E-state index contributed by atoms with van der Waals surface area (Å²) in [7, 11) is -4.11. The van der Waals surface area contributed by atoms with Gasteiger partial charge in [-0.2, -0.15) is 0 Å². The number of rotatable bonds is 4. The quantitative estimate of drug-likeness (QED) is 0.843. The summed E-state index contributed by atoms with van der Waals surface area (Å²) in [5, 5.41) is 0. The molecule has 0 saturated heterocycles. The third-order valence-electron chi connectivity index (χ3n) is 2.67. The first-order valence-electron chi connectivity index (χ1n) is 5.71. The van der Waals surface area contributed by atoms with Crippen molar-refractivity contribution >= 4 is 27.0 Å². The number of anilines is 1. The lowest BCUT2D eigenvalue weighted by molar-refractivity contribution is 0.496. The van der Waals surface area contributed by atoms with Gasteiger partial charge in [-0.3, -0.25) is 4.72 Å². The number of benzene rings is 1. The van der Waals surface area contributed by atoms with Crippen LogP contribution in [0.1, 0.15) is 9.75 Å². The van der Waals surface area contributed by atoms with Crippen molar-refractivity contribution in [2.45, 2.75) is 18.4 Å². The number of aryl methyl sites for hydroxylation is 1. The summed E-state index contributed by atoms with van der Waals surface area (Å²) in [4.78, 5) is 1.03. The van der Waals surface area contributed by atoms with Crippen LogP contribution in [-0.2, 0) is 16.6 Å². The second-order valence-electron chi connectivity index (χ2n) is 4.19. The molecule has 21 heavy (non-hydrogen) atoms. The molecule has 1 aromatic heterocycles. The standard InChI is InChI=1S/C12H11F3N2O2S2/c1-6-12(2-7(5-16)20-6)21(18,19)17-11-4-9(14)8(13)3-10(11)15/h2-4,17H,5,16H2,1H3. The van der Waals surface area contributed by atoms with Gasteiger partial charge in [0.05, 0.1) is 5.69 Å². The fourth-order valence-corrected chi connectivity index (χ4v) is 4.27. The average Bonchev–Trinajstić information content (AvgIpc) is 2.78. The maximum absolute atomic E-state index is 13.5. The van der Waals surface area contributed by atoms with E-state index >= 15 is 0 Å². The summed E-state index contributed by atoms with van der Waals surface area (Å²) in [5.74, 6) is -3.95. The normalized spacial score (nSPS) is 11.7. The number of nitrogens with two attached hydrogens (primary N) is 1. The van der Waals surface area contributed by atoms with Crippen molar-refractivity contribution in [2.24, 2.45) is 5.73 Å². The van der Waals surface area contributed by atoms with Crippen molar-refractivity contribution in [3.05, 3.63) is 45.4 Å². The van der Waals surface area contributed by atoms with Crippen molar-refractivity contribution in [3.63, 3.8) is 0 Å². The van der Waals surface area contributed by atoms with E-state index in [2.05, 4.69) is 0 Å². The second kappa shape index (κ2) is 5.66. The summed E-state index contributed by atoms with van der Waals surface area (Å²) in [5.41, 5.74) is 4.77. The van der Waals surface area contributed by atoms with Crippen LogP contribution >= 0.6 is 11.3 Å². The molecular formula is C12H11F3N2O2S2. The number of hydrogen-bond acceptors (Lipinski definition) is 4. The highest BCUT2D eigenvalue weighted by Gasteiger charge is 2.22. The lowest BCUT2D eigenvalue weighted by Crippen LogP contribution is -2.14. The Labute approximate surface area is 123 Å². The van der Waals surface area contributed by atoms with Crippen LogP contribution in [0.15, 0.2) is 23.1 Å². The Kier molecular flexibility index (Phi) is 4.26. The van der Waals surface area contributed by atoms with Gasteiger partial charge in [0.25, 0.3) is 10.0 Å². The van der Waals surface area contributed by atoms with Gasteiger partial charge < -0.3 is 5.73 Å². The van der Waals surface area contributed by atoms with Gasteiger partial charge in [-0.15, -0.1) is 11.3 Å². The van der Waals surface area contributed by atoms with Gasteiger partial charge in [-0.05, 0) is 13.0 Å². The van der Waals surface area contributed by atoms with Crippen LogP contribution < -0.4 is 10.5 Å². The van der Waals surface area contributed by atoms with Crippen molar-refractivity contribution in [2.75, 3.05) is 4.72 Å². The summed E-state index contributed by atoms with van der Waals surface area (Å²) in [6.07, 6.45) is 0. The predicted octanol–water partition coefficient (Wildman–Crippen LogP) is 2.73. The Morgan fingerprint density at radius 1 is 1.14 bits per heavy atom. The van der Waals surface area contributed by atoms with Crippen LogP contribution in [-0.4, -0.2) is 8.42 Å². The Balaban J connectivity index is 2.42. The highest BCUT2D eigenvalue weighted by atomic mass is 32.2. The van der Waals surface area contributed by atoms with Gasteiger partial charge in [0.15, 0.2) is 11.6 Å². The van der Waals surface area contributed by atoms with Crippen LogP contribution in [0.3, 0.4) is 0 Å². The van der Waals surface area contributed by atoms with E-state index < -0.39 is 33.2 Å². The molecule has 2 rings (SSSR count). The van der Waals surface area contributed by atoms with E-state index in [-0.39, 0.29) is 17.5 Å². The second-order valence-corrected chi connectivity index (χ2v) is 7.18. The molecule has 0 unspecified atom stereocenters. The summed E-state index contributed by atoms with van der Waals surface area (Å²) >= 11 is 1.19. The van der Waals surface area contributed by atoms with E-state index in [1.807, 2.05) is 4.72 Å². The lowest BCUT2D eigenvalue weighted by Gasteiger charge is -2.09. The number of halogens is 3. The molecule has 0 saturated carbocycles. The number of sulfonamides is 1. The van der Waals surface area contributed by atoms with Crippen LogP contribution in [0.2, 0.25) is 0 Å².